The molecule has 1 aromatic heterocycles. The van der Waals surface area contributed by atoms with Gasteiger partial charge in [0, 0.05) is 6.20 Å². The van der Waals surface area contributed by atoms with Crippen molar-refractivity contribution in [2.45, 2.75) is 12.3 Å². The fourth-order valence-electron chi connectivity index (χ4n) is 1.48. The Morgan fingerprint density at radius 1 is 1.33 bits per heavy atom. The highest BCUT2D eigenvalue weighted by molar-refractivity contribution is 7.15. The summed E-state index contributed by atoms with van der Waals surface area (Å²) in [4.78, 5) is 4.16. The fraction of sp³-hybridized carbons (Fsp3) is 0.182. The van der Waals surface area contributed by atoms with Crippen molar-refractivity contribution in [3.05, 3.63) is 46.5 Å². The Balaban J connectivity index is 2.34. The maximum Gasteiger partial charge on any atom is 0.416 e. The van der Waals surface area contributed by atoms with E-state index in [9.17, 15) is 18.3 Å². The molecule has 1 heterocycles. The van der Waals surface area contributed by atoms with Crippen LogP contribution in [0.4, 0.5) is 18.3 Å². The zero-order valence-electron chi connectivity index (χ0n) is 8.98. The summed E-state index contributed by atoms with van der Waals surface area (Å²) in [6.07, 6.45) is -4.23. The number of nitrogens with zero attached hydrogens (tertiary/aromatic N) is 1. The molecule has 96 valence electrons. The molecule has 1 aromatic carbocycles. The average molecular weight is 274 g/mol. The number of hydrogen-bond donors (Lipinski definition) is 2. The van der Waals surface area contributed by atoms with E-state index >= 15 is 0 Å². The molecular formula is C11H9F3N2OS. The molecule has 0 saturated heterocycles. The average Bonchev–Trinajstić information content (AvgIpc) is 2.74. The number of aromatic nitrogens is 1. The molecule has 1 unspecified atom stereocenters. The van der Waals surface area contributed by atoms with Gasteiger partial charge in [0.05, 0.1) is 10.4 Å². The molecule has 0 saturated carbocycles. The summed E-state index contributed by atoms with van der Waals surface area (Å²) in [6, 6.07) is 4.55. The van der Waals surface area contributed by atoms with Gasteiger partial charge >= 0.3 is 6.18 Å². The number of rotatable bonds is 2. The Kier molecular flexibility index (Phi) is 3.27. The van der Waals surface area contributed by atoms with Crippen LogP contribution in [-0.4, -0.2) is 10.1 Å². The van der Waals surface area contributed by atoms with Gasteiger partial charge in [-0.05, 0) is 17.7 Å². The van der Waals surface area contributed by atoms with Crippen molar-refractivity contribution < 1.29 is 18.3 Å². The summed E-state index contributed by atoms with van der Waals surface area (Å²) >= 11 is 1.04. The molecular weight excluding hydrogens is 265 g/mol. The van der Waals surface area contributed by atoms with Crippen molar-refractivity contribution in [2.75, 3.05) is 5.73 Å². The largest absolute Gasteiger partial charge is 0.416 e. The smallest absolute Gasteiger partial charge is 0.383 e. The topological polar surface area (TPSA) is 59.1 Å². The highest BCUT2D eigenvalue weighted by Crippen LogP contribution is 2.33. The van der Waals surface area contributed by atoms with Gasteiger partial charge in [0.2, 0.25) is 0 Å². The van der Waals surface area contributed by atoms with Crippen LogP contribution in [0.2, 0.25) is 0 Å². The second-order valence-electron chi connectivity index (χ2n) is 3.63. The van der Waals surface area contributed by atoms with E-state index in [1.807, 2.05) is 0 Å². The number of nitrogen functional groups attached to an aromatic ring is 1. The van der Waals surface area contributed by atoms with Gasteiger partial charge in [-0.25, -0.2) is 4.98 Å². The second kappa shape index (κ2) is 4.58. The summed E-state index contributed by atoms with van der Waals surface area (Å²) in [5.74, 6) is 0. The summed E-state index contributed by atoms with van der Waals surface area (Å²) in [7, 11) is 0. The van der Waals surface area contributed by atoms with Crippen molar-refractivity contribution in [3.8, 4) is 0 Å². The number of halogens is 3. The van der Waals surface area contributed by atoms with Gasteiger partial charge in [0.25, 0.3) is 0 Å². The van der Waals surface area contributed by atoms with Crippen molar-refractivity contribution >= 4 is 16.5 Å². The van der Waals surface area contributed by atoms with Crippen LogP contribution in [0.5, 0.6) is 0 Å². The van der Waals surface area contributed by atoms with E-state index in [4.69, 9.17) is 5.73 Å². The standard InChI is InChI=1S/C11H9F3N2OS/c12-11(13,14)7-3-1-2-6(4-7)9(17)8-5-16-10(15)18-8/h1-5,9,17H,(H2,15,16). The highest BCUT2D eigenvalue weighted by atomic mass is 32.1. The predicted molar refractivity (Wildman–Crippen MR) is 62.0 cm³/mol. The number of benzene rings is 1. The normalized spacial score (nSPS) is 13.6. The first-order valence-corrected chi connectivity index (χ1v) is 5.76. The summed E-state index contributed by atoms with van der Waals surface area (Å²) < 4.78 is 37.6. The summed E-state index contributed by atoms with van der Waals surface area (Å²) in [5.41, 5.74) is 4.78. The lowest BCUT2D eigenvalue weighted by Crippen LogP contribution is -2.06. The lowest BCUT2D eigenvalue weighted by atomic mass is 10.1. The lowest BCUT2D eigenvalue weighted by Gasteiger charge is -2.12. The van der Waals surface area contributed by atoms with Crippen molar-refractivity contribution in [3.63, 3.8) is 0 Å². The maximum atomic E-state index is 12.5. The van der Waals surface area contributed by atoms with Gasteiger partial charge in [0.15, 0.2) is 5.13 Å². The van der Waals surface area contributed by atoms with Gasteiger partial charge < -0.3 is 10.8 Å². The van der Waals surface area contributed by atoms with Crippen LogP contribution in [0.3, 0.4) is 0 Å². The molecule has 0 bridgehead atoms. The summed E-state index contributed by atoms with van der Waals surface area (Å²) in [5, 5.41) is 10.2. The molecule has 2 rings (SSSR count). The summed E-state index contributed by atoms with van der Waals surface area (Å²) in [6.45, 7) is 0. The highest BCUT2D eigenvalue weighted by Gasteiger charge is 2.31. The van der Waals surface area contributed by atoms with Crippen LogP contribution in [0, 0.1) is 0 Å². The first-order chi connectivity index (χ1) is 8.38. The van der Waals surface area contributed by atoms with Crippen molar-refractivity contribution in [2.24, 2.45) is 0 Å². The number of nitrogens with two attached hydrogens (primary N) is 1. The molecule has 2 aromatic rings. The number of thiazole rings is 1. The van der Waals surface area contributed by atoms with Crippen LogP contribution < -0.4 is 5.73 Å². The van der Waals surface area contributed by atoms with Gasteiger partial charge in [-0.2, -0.15) is 13.2 Å². The first-order valence-electron chi connectivity index (χ1n) is 4.94. The molecule has 0 aliphatic carbocycles. The number of aliphatic hydroxyl groups excluding tert-OH is 1. The Hall–Kier alpha value is -1.60. The molecule has 3 N–H and O–H groups in total. The lowest BCUT2D eigenvalue weighted by molar-refractivity contribution is -0.137. The van der Waals surface area contributed by atoms with Gasteiger partial charge in [0.1, 0.15) is 6.10 Å². The van der Waals surface area contributed by atoms with Crippen LogP contribution >= 0.6 is 11.3 Å². The molecule has 0 aliphatic heterocycles. The molecule has 7 heteroatoms. The quantitative estimate of drug-likeness (QED) is 0.885. The van der Waals surface area contributed by atoms with E-state index in [1.165, 1.54) is 18.3 Å². The molecule has 1 atom stereocenters. The molecule has 0 amide bonds. The predicted octanol–water partition coefficient (Wildman–Crippen LogP) is 2.83. The maximum absolute atomic E-state index is 12.5. The van der Waals surface area contributed by atoms with Crippen LogP contribution in [0.1, 0.15) is 22.1 Å². The van der Waals surface area contributed by atoms with E-state index in [0.29, 0.717) is 4.88 Å². The SMILES string of the molecule is Nc1ncc(C(O)c2cccc(C(F)(F)F)c2)s1. The van der Waals surface area contributed by atoms with E-state index in [0.717, 1.165) is 23.5 Å². The van der Waals surface area contributed by atoms with Crippen LogP contribution in [0.25, 0.3) is 0 Å². The fourth-order valence-corrected chi connectivity index (χ4v) is 2.18. The number of hydrogen-bond acceptors (Lipinski definition) is 4. The number of anilines is 1. The Bertz CT molecular complexity index is 553. The second-order valence-corrected chi connectivity index (χ2v) is 4.72. The van der Waals surface area contributed by atoms with Crippen LogP contribution in [-0.2, 0) is 6.18 Å². The third-order valence-corrected chi connectivity index (χ3v) is 3.22. The molecule has 0 fully saturated rings. The zero-order valence-corrected chi connectivity index (χ0v) is 9.79. The van der Waals surface area contributed by atoms with Gasteiger partial charge in [-0.15, -0.1) is 0 Å². The van der Waals surface area contributed by atoms with Crippen LogP contribution in [0.15, 0.2) is 30.5 Å². The Labute approximate surface area is 105 Å². The van der Waals surface area contributed by atoms with E-state index in [1.54, 1.807) is 0 Å². The zero-order chi connectivity index (χ0) is 13.3. The minimum absolute atomic E-state index is 0.161. The molecule has 0 aliphatic rings. The molecule has 3 nitrogen and oxygen atoms in total. The first kappa shape index (κ1) is 12.8. The van der Waals surface area contributed by atoms with E-state index in [-0.39, 0.29) is 10.7 Å². The van der Waals surface area contributed by atoms with Gasteiger partial charge in [-0.1, -0.05) is 23.5 Å². The molecule has 18 heavy (non-hydrogen) atoms. The third-order valence-electron chi connectivity index (χ3n) is 2.34. The number of aliphatic hydroxyl groups is 1. The molecule has 0 spiro atoms. The third kappa shape index (κ3) is 2.62. The number of alkyl halides is 3. The van der Waals surface area contributed by atoms with E-state index in [2.05, 4.69) is 4.98 Å². The Morgan fingerprint density at radius 3 is 2.61 bits per heavy atom. The van der Waals surface area contributed by atoms with Crippen molar-refractivity contribution in [1.82, 2.24) is 4.98 Å². The minimum atomic E-state index is -4.43. The minimum Gasteiger partial charge on any atom is -0.383 e. The van der Waals surface area contributed by atoms with Crippen molar-refractivity contribution in [1.29, 1.82) is 0 Å². The molecule has 0 radical (unpaired) electrons. The van der Waals surface area contributed by atoms with E-state index < -0.39 is 17.8 Å². The Morgan fingerprint density at radius 2 is 2.06 bits per heavy atom. The monoisotopic (exact) mass is 274 g/mol. The van der Waals surface area contributed by atoms with Gasteiger partial charge in [-0.3, -0.25) is 0 Å².